The van der Waals surface area contributed by atoms with Crippen molar-refractivity contribution in [2.75, 3.05) is 14.2 Å². The average Bonchev–Trinajstić information content (AvgIpc) is 2.47. The van der Waals surface area contributed by atoms with Crippen LogP contribution in [0.3, 0.4) is 0 Å². The maximum absolute atomic E-state index is 6.45. The first-order chi connectivity index (χ1) is 9.17. The van der Waals surface area contributed by atoms with Gasteiger partial charge in [0, 0.05) is 11.6 Å². The number of hydrogen-bond acceptors (Lipinski definition) is 3. The molecule has 0 radical (unpaired) electrons. The van der Waals surface area contributed by atoms with Gasteiger partial charge in [-0.15, -0.1) is 0 Å². The van der Waals surface area contributed by atoms with Gasteiger partial charge in [-0.3, -0.25) is 0 Å². The third-order valence-electron chi connectivity index (χ3n) is 3.76. The van der Waals surface area contributed by atoms with Crippen molar-refractivity contribution < 1.29 is 9.47 Å². The minimum absolute atomic E-state index is 0.00148. The highest BCUT2D eigenvalue weighted by Gasteiger charge is 2.21. The van der Waals surface area contributed by atoms with Gasteiger partial charge in [0.25, 0.3) is 0 Å². The molecule has 19 heavy (non-hydrogen) atoms. The van der Waals surface area contributed by atoms with E-state index in [1.54, 1.807) is 14.2 Å². The summed E-state index contributed by atoms with van der Waals surface area (Å²) < 4.78 is 10.7. The largest absolute Gasteiger partial charge is 0.497 e. The van der Waals surface area contributed by atoms with Gasteiger partial charge < -0.3 is 15.2 Å². The van der Waals surface area contributed by atoms with Crippen molar-refractivity contribution in [3.05, 3.63) is 23.8 Å². The molecule has 0 amide bonds. The van der Waals surface area contributed by atoms with Gasteiger partial charge in [-0.25, -0.2) is 0 Å². The molecule has 0 aliphatic rings. The third-order valence-corrected chi connectivity index (χ3v) is 3.76. The Morgan fingerprint density at radius 1 is 1.16 bits per heavy atom. The van der Waals surface area contributed by atoms with Crippen molar-refractivity contribution in [3.8, 4) is 11.5 Å². The highest BCUT2D eigenvalue weighted by atomic mass is 16.5. The van der Waals surface area contributed by atoms with E-state index in [0.29, 0.717) is 5.92 Å². The van der Waals surface area contributed by atoms with Gasteiger partial charge in [-0.05, 0) is 30.5 Å². The molecular formula is C16H27NO2. The summed E-state index contributed by atoms with van der Waals surface area (Å²) in [5, 5.41) is 0. The predicted molar refractivity (Wildman–Crippen MR) is 79.8 cm³/mol. The Morgan fingerprint density at radius 2 is 1.89 bits per heavy atom. The first kappa shape index (κ1) is 15.8. The molecule has 1 rings (SSSR count). The molecule has 0 aromatic heterocycles. The van der Waals surface area contributed by atoms with Crippen LogP contribution < -0.4 is 15.2 Å². The Kier molecular flexibility index (Phi) is 6.71. The number of rotatable bonds is 8. The van der Waals surface area contributed by atoms with Gasteiger partial charge in [-0.2, -0.15) is 0 Å². The summed E-state index contributed by atoms with van der Waals surface area (Å²) in [5.74, 6) is 2.17. The molecular weight excluding hydrogens is 238 g/mol. The molecule has 1 aromatic carbocycles. The summed E-state index contributed by atoms with van der Waals surface area (Å²) in [4.78, 5) is 0. The fourth-order valence-electron chi connectivity index (χ4n) is 2.46. The van der Waals surface area contributed by atoms with Crippen molar-refractivity contribution in [2.45, 2.75) is 45.6 Å². The molecule has 0 spiro atoms. The van der Waals surface area contributed by atoms with E-state index < -0.39 is 0 Å². The van der Waals surface area contributed by atoms with E-state index in [-0.39, 0.29) is 6.04 Å². The summed E-state index contributed by atoms with van der Waals surface area (Å²) >= 11 is 0. The Hall–Kier alpha value is -1.22. The second-order valence-corrected chi connectivity index (χ2v) is 4.94. The molecule has 2 unspecified atom stereocenters. The molecule has 0 aliphatic carbocycles. The van der Waals surface area contributed by atoms with Crippen LogP contribution in [-0.2, 0) is 0 Å². The number of methoxy groups -OCH3 is 2. The van der Waals surface area contributed by atoms with E-state index >= 15 is 0 Å². The Balaban J connectivity index is 2.97. The molecule has 108 valence electrons. The van der Waals surface area contributed by atoms with Crippen LogP contribution in [0.5, 0.6) is 11.5 Å². The van der Waals surface area contributed by atoms with Crippen LogP contribution in [0.1, 0.15) is 51.1 Å². The van der Waals surface area contributed by atoms with Crippen molar-refractivity contribution in [3.63, 3.8) is 0 Å². The van der Waals surface area contributed by atoms with E-state index in [1.165, 1.54) is 12.8 Å². The molecule has 1 aromatic rings. The number of nitrogens with two attached hydrogens (primary N) is 1. The maximum Gasteiger partial charge on any atom is 0.123 e. The topological polar surface area (TPSA) is 44.5 Å². The van der Waals surface area contributed by atoms with E-state index in [1.807, 2.05) is 18.2 Å². The van der Waals surface area contributed by atoms with Crippen LogP contribution in [0, 0.1) is 5.92 Å². The van der Waals surface area contributed by atoms with Gasteiger partial charge in [0.1, 0.15) is 11.5 Å². The van der Waals surface area contributed by atoms with Crippen molar-refractivity contribution in [1.82, 2.24) is 0 Å². The zero-order chi connectivity index (χ0) is 14.3. The van der Waals surface area contributed by atoms with Gasteiger partial charge in [-0.1, -0.05) is 33.1 Å². The second-order valence-electron chi connectivity index (χ2n) is 4.94. The first-order valence-electron chi connectivity index (χ1n) is 7.15. The molecule has 2 atom stereocenters. The first-order valence-corrected chi connectivity index (χ1v) is 7.15. The third kappa shape index (κ3) is 4.13. The number of hydrogen-bond donors (Lipinski definition) is 1. The minimum Gasteiger partial charge on any atom is -0.497 e. The molecule has 0 fully saturated rings. The molecule has 3 heteroatoms. The van der Waals surface area contributed by atoms with Crippen LogP contribution in [0.2, 0.25) is 0 Å². The van der Waals surface area contributed by atoms with Crippen molar-refractivity contribution in [2.24, 2.45) is 11.7 Å². The monoisotopic (exact) mass is 265 g/mol. The quantitative estimate of drug-likeness (QED) is 0.774. The van der Waals surface area contributed by atoms with E-state index in [9.17, 15) is 0 Å². The normalized spacial score (nSPS) is 13.9. The number of benzene rings is 1. The van der Waals surface area contributed by atoms with Crippen LogP contribution in [0.15, 0.2) is 18.2 Å². The maximum atomic E-state index is 6.45. The highest BCUT2D eigenvalue weighted by Crippen LogP contribution is 2.34. The fourth-order valence-corrected chi connectivity index (χ4v) is 2.46. The summed E-state index contributed by atoms with van der Waals surface area (Å²) in [6.45, 7) is 4.41. The minimum atomic E-state index is 0.00148. The lowest BCUT2D eigenvalue weighted by molar-refractivity contribution is 0.353. The van der Waals surface area contributed by atoms with Crippen LogP contribution in [0.4, 0.5) is 0 Å². The molecule has 0 bridgehead atoms. The van der Waals surface area contributed by atoms with E-state index in [4.69, 9.17) is 15.2 Å². The van der Waals surface area contributed by atoms with E-state index in [0.717, 1.165) is 29.9 Å². The lowest BCUT2D eigenvalue weighted by Gasteiger charge is -2.25. The number of ether oxygens (including phenoxy) is 2. The average molecular weight is 265 g/mol. The Morgan fingerprint density at radius 3 is 2.42 bits per heavy atom. The molecule has 0 saturated carbocycles. The predicted octanol–water partition coefficient (Wildman–Crippen LogP) is 3.92. The Bertz CT molecular complexity index is 379. The molecule has 0 aliphatic heterocycles. The fraction of sp³-hybridized carbons (Fsp3) is 0.625. The summed E-state index contributed by atoms with van der Waals surface area (Å²) in [6.07, 6.45) is 4.67. The van der Waals surface area contributed by atoms with Crippen molar-refractivity contribution >= 4 is 0 Å². The lowest BCUT2D eigenvalue weighted by Crippen LogP contribution is -2.21. The zero-order valence-electron chi connectivity index (χ0n) is 12.6. The SMILES string of the molecule is CCCCC(CC)C(N)c1cc(OC)ccc1OC. The van der Waals surface area contributed by atoms with Gasteiger partial charge in [0.05, 0.1) is 14.2 Å². The molecule has 3 nitrogen and oxygen atoms in total. The highest BCUT2D eigenvalue weighted by molar-refractivity contribution is 5.42. The summed E-state index contributed by atoms with van der Waals surface area (Å²) in [6, 6.07) is 5.84. The van der Waals surface area contributed by atoms with Crippen LogP contribution in [0.25, 0.3) is 0 Å². The number of unbranched alkanes of at least 4 members (excludes halogenated alkanes) is 1. The van der Waals surface area contributed by atoms with Crippen LogP contribution in [-0.4, -0.2) is 14.2 Å². The molecule has 0 saturated heterocycles. The van der Waals surface area contributed by atoms with Crippen molar-refractivity contribution in [1.29, 1.82) is 0 Å². The molecule has 0 heterocycles. The van der Waals surface area contributed by atoms with Crippen LogP contribution >= 0.6 is 0 Å². The van der Waals surface area contributed by atoms with Gasteiger partial charge in [0.2, 0.25) is 0 Å². The van der Waals surface area contributed by atoms with E-state index in [2.05, 4.69) is 13.8 Å². The van der Waals surface area contributed by atoms with Gasteiger partial charge >= 0.3 is 0 Å². The summed E-state index contributed by atoms with van der Waals surface area (Å²) in [7, 11) is 3.36. The van der Waals surface area contributed by atoms with Gasteiger partial charge in [0.15, 0.2) is 0 Å². The lowest BCUT2D eigenvalue weighted by atomic mass is 9.87. The zero-order valence-corrected chi connectivity index (χ0v) is 12.6. The smallest absolute Gasteiger partial charge is 0.123 e. The standard InChI is InChI=1S/C16H27NO2/c1-5-7-8-12(6-2)16(17)14-11-13(18-3)9-10-15(14)19-4/h9-12,16H,5-8,17H2,1-4H3. The second kappa shape index (κ2) is 8.05. The Labute approximate surface area is 117 Å². The summed E-state index contributed by atoms with van der Waals surface area (Å²) in [5.41, 5.74) is 7.50. The molecule has 2 N–H and O–H groups in total.